The van der Waals surface area contributed by atoms with Gasteiger partial charge in [0.05, 0.1) is 40.3 Å². The van der Waals surface area contributed by atoms with E-state index in [-0.39, 0.29) is 38.6 Å². The predicted molar refractivity (Wildman–Crippen MR) is 278 cm³/mol. The first kappa shape index (κ1) is 63.7. The van der Waals surface area contributed by atoms with Gasteiger partial charge in [-0.3, -0.25) is 9.59 Å². The molecular formula is C58H101NO8. The predicted octanol–water partition coefficient (Wildman–Crippen LogP) is 14.1. The molecule has 0 aliphatic heterocycles. The average molecular weight is 940 g/mol. The number of allylic oxidation sites excluding steroid dienone is 12. The van der Waals surface area contributed by atoms with Gasteiger partial charge in [-0.1, -0.05) is 196 Å². The Balaban J connectivity index is 4.21. The van der Waals surface area contributed by atoms with E-state index in [4.69, 9.17) is 18.9 Å². The summed E-state index contributed by atoms with van der Waals surface area (Å²) in [7, 11) is 5.90. The van der Waals surface area contributed by atoms with Crippen molar-refractivity contribution < 1.29 is 42.9 Å². The van der Waals surface area contributed by atoms with Crippen molar-refractivity contribution in [1.29, 1.82) is 0 Å². The van der Waals surface area contributed by atoms with Gasteiger partial charge in [0, 0.05) is 12.8 Å². The summed E-state index contributed by atoms with van der Waals surface area (Å²) >= 11 is 0. The fourth-order valence-electron chi connectivity index (χ4n) is 7.26. The van der Waals surface area contributed by atoms with Crippen LogP contribution in [0.3, 0.4) is 0 Å². The number of ether oxygens (including phenoxy) is 4. The number of hydrogen-bond donors (Lipinski definition) is 0. The number of rotatable bonds is 49. The number of quaternary nitrogens is 1. The van der Waals surface area contributed by atoms with Crippen LogP contribution in [0, 0.1) is 0 Å². The molecule has 0 rings (SSSR count). The summed E-state index contributed by atoms with van der Waals surface area (Å²) < 4.78 is 22.6. The summed E-state index contributed by atoms with van der Waals surface area (Å²) in [5, 5.41) is 11.7. The maximum atomic E-state index is 12.8. The van der Waals surface area contributed by atoms with Crippen molar-refractivity contribution >= 4 is 17.9 Å². The number of carbonyl (C=O) groups is 3. The summed E-state index contributed by atoms with van der Waals surface area (Å²) in [5.41, 5.74) is 0. The summed E-state index contributed by atoms with van der Waals surface area (Å²) in [6.45, 7) is 4.58. The van der Waals surface area contributed by atoms with E-state index < -0.39 is 24.3 Å². The van der Waals surface area contributed by atoms with Gasteiger partial charge < -0.3 is 33.3 Å². The second-order valence-electron chi connectivity index (χ2n) is 19.1. The van der Waals surface area contributed by atoms with Crippen LogP contribution in [-0.4, -0.2) is 82.3 Å². The molecule has 0 N–H and O–H groups in total. The average Bonchev–Trinajstić information content (AvgIpc) is 3.29. The number of aliphatic carboxylic acids is 1. The molecule has 0 aromatic heterocycles. The van der Waals surface area contributed by atoms with E-state index in [1.54, 1.807) is 0 Å². The molecular weight excluding hydrogens is 839 g/mol. The number of hydrogen-bond acceptors (Lipinski definition) is 8. The minimum Gasteiger partial charge on any atom is -0.545 e. The number of likely N-dealkylation sites (N-methyl/N-ethyl adjacent to an activating group) is 1. The maximum Gasteiger partial charge on any atom is 0.306 e. The summed E-state index contributed by atoms with van der Waals surface area (Å²) in [5.74, 6) is -2.33. The third kappa shape index (κ3) is 50.4. The van der Waals surface area contributed by atoms with E-state index in [9.17, 15) is 19.5 Å². The summed E-state index contributed by atoms with van der Waals surface area (Å²) in [6, 6.07) is 0. The lowest BCUT2D eigenvalue weighted by Crippen LogP contribution is -2.44. The molecule has 0 fully saturated rings. The summed E-state index contributed by atoms with van der Waals surface area (Å²) in [6.07, 6.45) is 59.6. The van der Waals surface area contributed by atoms with Crippen LogP contribution in [-0.2, 0) is 33.3 Å². The van der Waals surface area contributed by atoms with Crippen molar-refractivity contribution in [2.75, 3.05) is 47.5 Å². The van der Waals surface area contributed by atoms with Crippen LogP contribution in [0.1, 0.15) is 219 Å². The number of carbonyl (C=O) groups excluding carboxylic acids is 3. The Morgan fingerprint density at radius 3 is 1.28 bits per heavy atom. The van der Waals surface area contributed by atoms with Crippen LogP contribution in [0.15, 0.2) is 72.9 Å². The molecule has 9 heteroatoms. The van der Waals surface area contributed by atoms with E-state index in [2.05, 4.69) is 86.8 Å². The molecule has 0 radical (unpaired) electrons. The van der Waals surface area contributed by atoms with Crippen molar-refractivity contribution in [2.24, 2.45) is 0 Å². The molecule has 0 bridgehead atoms. The lowest BCUT2D eigenvalue weighted by molar-refractivity contribution is -0.870. The number of carboxylic acids is 1. The normalized spacial score (nSPS) is 13.4. The molecule has 386 valence electrons. The third-order valence-electron chi connectivity index (χ3n) is 11.4. The topological polar surface area (TPSA) is 111 Å². The number of esters is 2. The highest BCUT2D eigenvalue weighted by Gasteiger charge is 2.22. The number of carboxylic acid groups (broad SMARTS) is 1. The molecule has 0 amide bonds. The molecule has 2 atom stereocenters. The lowest BCUT2D eigenvalue weighted by Gasteiger charge is -2.26. The van der Waals surface area contributed by atoms with E-state index in [1.807, 2.05) is 21.1 Å². The van der Waals surface area contributed by atoms with Gasteiger partial charge in [0.25, 0.3) is 0 Å². The highest BCUT2D eigenvalue weighted by molar-refractivity contribution is 5.70. The summed E-state index contributed by atoms with van der Waals surface area (Å²) in [4.78, 5) is 37.1. The Kier molecular flexibility index (Phi) is 46.8. The molecule has 0 aromatic rings. The second-order valence-corrected chi connectivity index (χ2v) is 19.1. The minimum atomic E-state index is -1.63. The molecule has 0 heterocycles. The van der Waals surface area contributed by atoms with Crippen molar-refractivity contribution in [3.8, 4) is 0 Å². The SMILES string of the molecule is CC/C=C\C/C=C\C/C=C\CCCCCC(=O)OCC(COC(OCC[N+](C)(C)C)C(=O)[O-])OC(=O)CCCCCCCCCCCCCCCC/C=C\C/C=C\C/C=C\CCCCCCC. The first-order valence-corrected chi connectivity index (χ1v) is 27.1. The van der Waals surface area contributed by atoms with Gasteiger partial charge in [-0.05, 0) is 83.5 Å². The zero-order chi connectivity index (χ0) is 49.2. The van der Waals surface area contributed by atoms with Gasteiger partial charge in [-0.15, -0.1) is 0 Å². The first-order chi connectivity index (χ1) is 32.6. The quantitative estimate of drug-likeness (QED) is 0.0195. The Bertz CT molecular complexity index is 1330. The van der Waals surface area contributed by atoms with Gasteiger partial charge in [-0.25, -0.2) is 0 Å². The van der Waals surface area contributed by atoms with Gasteiger partial charge in [0.15, 0.2) is 12.4 Å². The largest absolute Gasteiger partial charge is 0.545 e. The van der Waals surface area contributed by atoms with Crippen LogP contribution in [0.2, 0.25) is 0 Å². The zero-order valence-electron chi connectivity index (χ0n) is 43.8. The fourth-order valence-corrected chi connectivity index (χ4v) is 7.26. The molecule has 9 nitrogen and oxygen atoms in total. The van der Waals surface area contributed by atoms with E-state index >= 15 is 0 Å². The van der Waals surface area contributed by atoms with Crippen LogP contribution >= 0.6 is 0 Å². The van der Waals surface area contributed by atoms with Crippen molar-refractivity contribution in [3.63, 3.8) is 0 Å². The molecule has 67 heavy (non-hydrogen) atoms. The highest BCUT2D eigenvalue weighted by atomic mass is 16.7. The minimum absolute atomic E-state index is 0.140. The highest BCUT2D eigenvalue weighted by Crippen LogP contribution is 2.15. The van der Waals surface area contributed by atoms with E-state index in [0.29, 0.717) is 23.9 Å². The van der Waals surface area contributed by atoms with Crippen LogP contribution < -0.4 is 5.11 Å². The number of unbranched alkanes of at least 4 members (excludes halogenated alkanes) is 22. The Hall–Kier alpha value is -3.27. The van der Waals surface area contributed by atoms with Crippen LogP contribution in [0.25, 0.3) is 0 Å². The zero-order valence-corrected chi connectivity index (χ0v) is 43.8. The van der Waals surface area contributed by atoms with Crippen molar-refractivity contribution in [2.45, 2.75) is 232 Å². The molecule has 0 aliphatic rings. The molecule has 0 aliphatic carbocycles. The number of nitrogens with zero attached hydrogens (tertiary/aromatic N) is 1. The third-order valence-corrected chi connectivity index (χ3v) is 11.4. The second kappa shape index (κ2) is 49.2. The maximum absolute atomic E-state index is 12.8. The van der Waals surface area contributed by atoms with Gasteiger partial charge in [0.1, 0.15) is 13.2 Å². The fraction of sp³-hybridized carbons (Fsp3) is 0.741. The lowest BCUT2D eigenvalue weighted by atomic mass is 10.0. The molecule has 0 saturated carbocycles. The van der Waals surface area contributed by atoms with Crippen molar-refractivity contribution in [1.82, 2.24) is 0 Å². The Labute approximate surface area is 411 Å². The Morgan fingerprint density at radius 2 is 0.851 bits per heavy atom. The van der Waals surface area contributed by atoms with E-state index in [1.165, 1.54) is 109 Å². The van der Waals surface area contributed by atoms with Crippen molar-refractivity contribution in [3.05, 3.63) is 72.9 Å². The smallest absolute Gasteiger partial charge is 0.306 e. The molecule has 2 unspecified atom stereocenters. The standard InChI is InChI=1S/C58H101NO8/c1-6-8-10-12-14-16-18-20-21-22-23-24-25-26-27-28-29-30-31-32-33-34-35-37-39-41-43-45-47-49-56(61)67-54(53-66-58(57(62)63)64-51-50-59(3,4)5)52-65-55(60)48-46-44-42-40-38-36-19-17-15-13-11-9-7-2/h9,11,15,17-18,20,22-23,25-26,36,38,54,58H,6-8,10,12-14,16,19,21,24,27-35,37,39-53H2,1-5H3/b11-9-,17-15-,20-18-,23-22-,26-25-,38-36-. The first-order valence-electron chi connectivity index (χ1n) is 27.1. The monoisotopic (exact) mass is 940 g/mol. The molecule has 0 aromatic carbocycles. The molecule has 0 saturated heterocycles. The Morgan fingerprint density at radius 1 is 0.463 bits per heavy atom. The van der Waals surface area contributed by atoms with Crippen LogP contribution in [0.5, 0.6) is 0 Å². The van der Waals surface area contributed by atoms with Crippen LogP contribution in [0.4, 0.5) is 0 Å². The van der Waals surface area contributed by atoms with Gasteiger partial charge in [0.2, 0.25) is 0 Å². The van der Waals surface area contributed by atoms with Gasteiger partial charge in [-0.2, -0.15) is 0 Å². The molecule has 0 spiro atoms. The van der Waals surface area contributed by atoms with E-state index in [0.717, 1.165) is 70.6 Å². The van der Waals surface area contributed by atoms with Gasteiger partial charge >= 0.3 is 11.9 Å².